The molecule has 0 saturated carbocycles. The highest BCUT2D eigenvalue weighted by molar-refractivity contribution is 6.32. The van der Waals surface area contributed by atoms with Crippen LogP contribution in [0.1, 0.15) is 0 Å². The second-order valence-electron chi connectivity index (χ2n) is 2.85. The van der Waals surface area contributed by atoms with E-state index in [2.05, 4.69) is 20.6 Å². The van der Waals surface area contributed by atoms with Gasteiger partial charge in [-0.2, -0.15) is 13.2 Å². The van der Waals surface area contributed by atoms with Crippen molar-refractivity contribution >= 4 is 24.1 Å². The Balaban J connectivity index is 2.89. The van der Waals surface area contributed by atoms with E-state index in [1.54, 1.807) is 0 Å². The zero-order valence-corrected chi connectivity index (χ0v) is 8.50. The predicted octanol–water partition coefficient (Wildman–Crippen LogP) is -0.640. The molecule has 0 aromatic rings. The summed E-state index contributed by atoms with van der Waals surface area (Å²) < 4.78 is 37.1. The number of hydrogen-bond donors (Lipinski definition) is 3. The minimum Gasteiger partial charge on any atom is -0.341 e. The van der Waals surface area contributed by atoms with Gasteiger partial charge in [-0.3, -0.25) is 10.1 Å². The van der Waals surface area contributed by atoms with Gasteiger partial charge >= 0.3 is 12.2 Å². The monoisotopic (exact) mass is 251 g/mol. The Morgan fingerprint density at radius 1 is 1.47 bits per heavy atom. The number of carbonyl (C=O) groups excluding carboxylic acids is 2. The minimum absolute atomic E-state index is 0.0962. The van der Waals surface area contributed by atoms with Crippen molar-refractivity contribution in [2.75, 3.05) is 7.05 Å². The fourth-order valence-electron chi connectivity index (χ4n) is 0.909. The lowest BCUT2D eigenvalue weighted by Gasteiger charge is -2.20. The van der Waals surface area contributed by atoms with E-state index >= 15 is 0 Å². The zero-order valence-electron chi connectivity index (χ0n) is 8.50. The molecule has 2 amide bonds. The second-order valence-corrected chi connectivity index (χ2v) is 2.85. The lowest BCUT2D eigenvalue weighted by atomic mass is 10.4. The van der Waals surface area contributed by atoms with E-state index in [1.165, 1.54) is 7.05 Å². The molecule has 0 radical (unpaired) electrons. The first-order valence-corrected chi connectivity index (χ1v) is 4.30. The molecule has 1 rings (SSSR count). The Hall–Kier alpha value is -2.13. The highest BCUT2D eigenvalue weighted by Crippen LogP contribution is 2.24. The number of halogens is 3. The van der Waals surface area contributed by atoms with E-state index in [4.69, 9.17) is 0 Å². The Kier molecular flexibility index (Phi) is 3.66. The number of aliphatic imine (C=N–C) groups is 2. The molecule has 0 spiro atoms. The van der Waals surface area contributed by atoms with Crippen LogP contribution in [0.4, 0.5) is 18.0 Å². The van der Waals surface area contributed by atoms with Gasteiger partial charge in [0.15, 0.2) is 12.1 Å². The highest BCUT2D eigenvalue weighted by atomic mass is 19.4. The number of nitrogens with zero attached hydrogens (tertiary/aromatic N) is 2. The third-order valence-electron chi connectivity index (χ3n) is 1.62. The molecule has 94 valence electrons. The number of amides is 2. The molecule has 1 unspecified atom stereocenters. The fraction of sp³-hybridized carbons (Fsp3) is 0.429. The van der Waals surface area contributed by atoms with Crippen molar-refractivity contribution in [2.45, 2.75) is 12.3 Å². The topological polar surface area (TPSA) is 94.9 Å². The van der Waals surface area contributed by atoms with Crippen LogP contribution in [0.2, 0.25) is 0 Å². The predicted molar refractivity (Wildman–Crippen MR) is 51.5 cm³/mol. The van der Waals surface area contributed by atoms with Crippen molar-refractivity contribution in [3.63, 3.8) is 0 Å². The smallest absolute Gasteiger partial charge is 0.341 e. The maximum Gasteiger partial charge on any atom is 0.431 e. The summed E-state index contributed by atoms with van der Waals surface area (Å²) in [4.78, 5) is 27.4. The lowest BCUT2D eigenvalue weighted by molar-refractivity contribution is -0.145. The van der Waals surface area contributed by atoms with Crippen molar-refractivity contribution in [2.24, 2.45) is 9.98 Å². The van der Waals surface area contributed by atoms with Gasteiger partial charge in [0.05, 0.1) is 0 Å². The van der Waals surface area contributed by atoms with Crippen molar-refractivity contribution in [1.29, 1.82) is 0 Å². The molecule has 0 fully saturated rings. The van der Waals surface area contributed by atoms with Gasteiger partial charge < -0.3 is 10.6 Å². The van der Waals surface area contributed by atoms with E-state index < -0.39 is 30.2 Å². The number of alkyl halides is 3. The van der Waals surface area contributed by atoms with Gasteiger partial charge in [-0.1, -0.05) is 0 Å². The Labute approximate surface area is 93.2 Å². The summed E-state index contributed by atoms with van der Waals surface area (Å²) in [6, 6.07) is -0.774. The molecular formula is C7H8F3N5O2. The van der Waals surface area contributed by atoms with Crippen LogP contribution >= 0.6 is 0 Å². The lowest BCUT2D eigenvalue weighted by Crippen LogP contribution is -2.51. The van der Waals surface area contributed by atoms with Crippen LogP contribution in [0.3, 0.4) is 0 Å². The number of urea groups is 1. The van der Waals surface area contributed by atoms with Gasteiger partial charge in [-0.05, 0) is 0 Å². The molecule has 0 bridgehead atoms. The van der Waals surface area contributed by atoms with Gasteiger partial charge in [0.25, 0.3) is 0 Å². The summed E-state index contributed by atoms with van der Waals surface area (Å²) in [5, 5.41) is 6.23. The van der Waals surface area contributed by atoms with Crippen LogP contribution < -0.4 is 16.0 Å². The van der Waals surface area contributed by atoms with Crippen LogP contribution in [0.15, 0.2) is 9.98 Å². The second kappa shape index (κ2) is 4.80. The maximum atomic E-state index is 12.4. The van der Waals surface area contributed by atoms with E-state index in [0.717, 1.165) is 0 Å². The first kappa shape index (κ1) is 12.9. The van der Waals surface area contributed by atoms with Gasteiger partial charge in [-0.25, -0.2) is 14.8 Å². The Morgan fingerprint density at radius 3 is 2.59 bits per heavy atom. The number of aldehydes is 1. The zero-order chi connectivity index (χ0) is 13.1. The normalized spacial score (nSPS) is 19.6. The first-order valence-electron chi connectivity index (χ1n) is 4.30. The average Bonchev–Trinajstić information content (AvgIpc) is 2.27. The van der Waals surface area contributed by atoms with E-state index in [0.29, 0.717) is 0 Å². The molecular weight excluding hydrogens is 243 g/mol. The molecule has 0 saturated heterocycles. The van der Waals surface area contributed by atoms with Gasteiger partial charge in [0.1, 0.15) is 0 Å². The number of guanidine groups is 1. The van der Waals surface area contributed by atoms with Crippen LogP contribution in [0, 0.1) is 0 Å². The van der Waals surface area contributed by atoms with Gasteiger partial charge in [0, 0.05) is 7.05 Å². The van der Waals surface area contributed by atoms with E-state index in [-0.39, 0.29) is 6.29 Å². The SMILES string of the molecule is CNC(=O)NC1=NC(C(F)(F)F)N=C(C=O)N1. The van der Waals surface area contributed by atoms with Crippen molar-refractivity contribution in [3.05, 3.63) is 0 Å². The quantitative estimate of drug-likeness (QED) is 0.541. The fourth-order valence-corrected chi connectivity index (χ4v) is 0.909. The van der Waals surface area contributed by atoms with Crippen molar-refractivity contribution < 1.29 is 22.8 Å². The Morgan fingerprint density at radius 2 is 2.12 bits per heavy atom. The molecule has 0 aromatic heterocycles. The number of rotatable bonds is 1. The number of hydrogen-bond acceptors (Lipinski definition) is 5. The first-order chi connectivity index (χ1) is 7.86. The standard InChI is InChI=1S/C7H8F3N5O2/c1-11-6(17)15-5-13-3(2-16)12-4(14-5)7(8,9)10/h2,4H,1H3,(H3,11,12,13,14,15,17). The van der Waals surface area contributed by atoms with Crippen LogP contribution in [0.5, 0.6) is 0 Å². The summed E-state index contributed by atoms with van der Waals surface area (Å²) in [6.45, 7) is 0. The largest absolute Gasteiger partial charge is 0.431 e. The summed E-state index contributed by atoms with van der Waals surface area (Å²) >= 11 is 0. The van der Waals surface area contributed by atoms with E-state index in [9.17, 15) is 22.8 Å². The van der Waals surface area contributed by atoms with Crippen LogP contribution in [-0.4, -0.2) is 43.5 Å². The van der Waals surface area contributed by atoms with Gasteiger partial charge in [0.2, 0.25) is 12.1 Å². The van der Waals surface area contributed by atoms with Crippen LogP contribution in [-0.2, 0) is 4.79 Å². The molecule has 1 heterocycles. The van der Waals surface area contributed by atoms with Crippen molar-refractivity contribution in [3.8, 4) is 0 Å². The average molecular weight is 251 g/mol. The Bertz CT molecular complexity index is 389. The summed E-state index contributed by atoms with van der Waals surface area (Å²) in [5.74, 6) is -1.06. The molecule has 0 aromatic carbocycles. The molecule has 7 nitrogen and oxygen atoms in total. The molecule has 10 heteroatoms. The third-order valence-corrected chi connectivity index (χ3v) is 1.62. The number of nitrogens with one attached hydrogen (secondary N) is 3. The summed E-state index contributed by atoms with van der Waals surface area (Å²) in [7, 11) is 1.27. The number of amidine groups is 1. The van der Waals surface area contributed by atoms with Crippen LogP contribution in [0.25, 0.3) is 0 Å². The summed E-state index contributed by atoms with van der Waals surface area (Å²) in [6.07, 6.45) is -7.04. The maximum absolute atomic E-state index is 12.4. The molecule has 1 aliphatic rings. The molecule has 1 atom stereocenters. The highest BCUT2D eigenvalue weighted by Gasteiger charge is 2.42. The van der Waals surface area contributed by atoms with Crippen molar-refractivity contribution in [1.82, 2.24) is 16.0 Å². The third kappa shape index (κ3) is 3.43. The molecule has 1 aliphatic heterocycles. The number of carbonyl (C=O) groups is 2. The summed E-state index contributed by atoms with van der Waals surface area (Å²) in [5.41, 5.74) is 0. The molecule has 17 heavy (non-hydrogen) atoms. The van der Waals surface area contributed by atoms with E-state index in [1.807, 2.05) is 5.32 Å². The molecule has 3 N–H and O–H groups in total. The minimum atomic E-state index is -4.73. The van der Waals surface area contributed by atoms with Gasteiger partial charge in [-0.15, -0.1) is 0 Å². The molecule has 0 aliphatic carbocycles.